The van der Waals surface area contributed by atoms with Crippen molar-refractivity contribution in [2.75, 3.05) is 32.8 Å². The van der Waals surface area contributed by atoms with Crippen LogP contribution < -0.4 is 5.32 Å². The molecule has 0 aliphatic carbocycles. The summed E-state index contributed by atoms with van der Waals surface area (Å²) in [6.07, 6.45) is 3.47. The number of nitrogens with zero attached hydrogens (tertiary/aromatic N) is 1. The van der Waals surface area contributed by atoms with Gasteiger partial charge in [0.1, 0.15) is 0 Å². The summed E-state index contributed by atoms with van der Waals surface area (Å²) < 4.78 is 5.39. The Labute approximate surface area is 103 Å². The van der Waals surface area contributed by atoms with Gasteiger partial charge in [-0.1, -0.05) is 19.1 Å². The molecule has 0 spiro atoms. The minimum Gasteiger partial charge on any atom is -0.379 e. The predicted molar refractivity (Wildman–Crippen MR) is 68.7 cm³/mol. The summed E-state index contributed by atoms with van der Waals surface area (Å²) >= 11 is 0. The van der Waals surface area contributed by atoms with Crippen LogP contribution in [-0.2, 0) is 9.53 Å². The second-order valence-corrected chi connectivity index (χ2v) is 4.13. The first-order valence-corrected chi connectivity index (χ1v) is 6.06. The van der Waals surface area contributed by atoms with E-state index in [2.05, 4.69) is 18.5 Å². The number of likely N-dealkylation sites (N-methyl/N-ethyl adjacent to an activating group) is 1. The number of nitrogens with one attached hydrogen (secondary N) is 1. The van der Waals surface area contributed by atoms with Crippen LogP contribution in [0.2, 0.25) is 0 Å². The fourth-order valence-corrected chi connectivity index (χ4v) is 2.06. The van der Waals surface area contributed by atoms with Gasteiger partial charge < -0.3 is 15.0 Å². The fraction of sp³-hybridized carbons (Fsp3) is 0.615. The molecule has 1 aliphatic rings. The molecule has 0 aromatic carbocycles. The number of carbonyl (C=O) groups is 1. The number of amides is 1. The van der Waals surface area contributed by atoms with Crippen molar-refractivity contribution in [3.63, 3.8) is 0 Å². The van der Waals surface area contributed by atoms with E-state index >= 15 is 0 Å². The number of ether oxygens (including phenoxy) is 1. The van der Waals surface area contributed by atoms with Gasteiger partial charge in [0.05, 0.1) is 19.1 Å². The molecule has 0 radical (unpaired) electrons. The molecule has 4 heteroatoms. The lowest BCUT2D eigenvalue weighted by Gasteiger charge is -2.25. The molecule has 0 aromatic heterocycles. The third-order valence-corrected chi connectivity index (χ3v) is 2.87. The van der Waals surface area contributed by atoms with Crippen molar-refractivity contribution >= 4 is 5.91 Å². The summed E-state index contributed by atoms with van der Waals surface area (Å²) in [7, 11) is 0. The molecule has 0 aromatic rings. The van der Waals surface area contributed by atoms with E-state index in [0.29, 0.717) is 26.3 Å². The highest BCUT2D eigenvalue weighted by Gasteiger charge is 2.35. The van der Waals surface area contributed by atoms with E-state index in [-0.39, 0.29) is 17.9 Å². The highest BCUT2D eigenvalue weighted by Crippen LogP contribution is 2.16. The molecule has 1 rings (SSSR count). The standard InChI is InChI=1S/C13H22N2O2/c1-4-7-15(8-5-2)13(16)11-9-17-10-12(11)14-6-3/h4-5,11-12,14H,1-2,6-10H2,3H3. The lowest BCUT2D eigenvalue weighted by Crippen LogP contribution is -2.45. The van der Waals surface area contributed by atoms with Crippen molar-refractivity contribution in [3.8, 4) is 0 Å². The second-order valence-electron chi connectivity index (χ2n) is 4.13. The summed E-state index contributed by atoms with van der Waals surface area (Å²) in [6, 6.07) is 0.129. The molecule has 17 heavy (non-hydrogen) atoms. The van der Waals surface area contributed by atoms with Crippen LogP contribution in [-0.4, -0.2) is 49.7 Å². The molecule has 1 heterocycles. The highest BCUT2D eigenvalue weighted by atomic mass is 16.5. The van der Waals surface area contributed by atoms with Crippen molar-refractivity contribution < 1.29 is 9.53 Å². The first kappa shape index (κ1) is 13.9. The summed E-state index contributed by atoms with van der Waals surface area (Å²) in [6.45, 7) is 12.4. The van der Waals surface area contributed by atoms with Crippen molar-refractivity contribution in [3.05, 3.63) is 25.3 Å². The Bertz CT molecular complexity index is 269. The van der Waals surface area contributed by atoms with E-state index in [0.717, 1.165) is 6.54 Å². The van der Waals surface area contributed by atoms with Crippen LogP contribution in [0.4, 0.5) is 0 Å². The maximum Gasteiger partial charge on any atom is 0.230 e. The summed E-state index contributed by atoms with van der Waals surface area (Å²) in [5.41, 5.74) is 0. The number of hydrogen-bond acceptors (Lipinski definition) is 3. The molecule has 1 fully saturated rings. The summed E-state index contributed by atoms with van der Waals surface area (Å²) in [5.74, 6) is 0.0306. The monoisotopic (exact) mass is 238 g/mol. The Morgan fingerprint density at radius 3 is 2.59 bits per heavy atom. The first-order valence-electron chi connectivity index (χ1n) is 6.06. The molecule has 2 unspecified atom stereocenters. The van der Waals surface area contributed by atoms with E-state index in [9.17, 15) is 4.79 Å². The van der Waals surface area contributed by atoms with Gasteiger partial charge in [-0.3, -0.25) is 4.79 Å². The summed E-state index contributed by atoms with van der Waals surface area (Å²) in [4.78, 5) is 14.1. The van der Waals surface area contributed by atoms with Crippen LogP contribution in [0.3, 0.4) is 0 Å². The van der Waals surface area contributed by atoms with Gasteiger partial charge in [0.2, 0.25) is 5.91 Å². The van der Waals surface area contributed by atoms with Gasteiger partial charge in [-0.25, -0.2) is 0 Å². The largest absolute Gasteiger partial charge is 0.379 e. The van der Waals surface area contributed by atoms with Gasteiger partial charge in [0.15, 0.2) is 0 Å². The maximum atomic E-state index is 12.3. The minimum absolute atomic E-state index is 0.0881. The fourth-order valence-electron chi connectivity index (χ4n) is 2.06. The molecular weight excluding hydrogens is 216 g/mol. The molecule has 0 bridgehead atoms. The molecular formula is C13H22N2O2. The number of hydrogen-bond donors (Lipinski definition) is 1. The van der Waals surface area contributed by atoms with Crippen LogP contribution in [0.5, 0.6) is 0 Å². The van der Waals surface area contributed by atoms with Gasteiger partial charge in [-0.15, -0.1) is 13.2 Å². The van der Waals surface area contributed by atoms with Gasteiger partial charge in [0.25, 0.3) is 0 Å². The lowest BCUT2D eigenvalue weighted by atomic mass is 10.0. The average Bonchev–Trinajstić information content (AvgIpc) is 2.77. The normalized spacial score (nSPS) is 23.4. The highest BCUT2D eigenvalue weighted by molar-refractivity contribution is 5.80. The van der Waals surface area contributed by atoms with Crippen LogP contribution in [0.1, 0.15) is 6.92 Å². The number of rotatable bonds is 7. The lowest BCUT2D eigenvalue weighted by molar-refractivity contribution is -0.134. The second kappa shape index (κ2) is 7.25. The average molecular weight is 238 g/mol. The molecule has 2 atom stereocenters. The third-order valence-electron chi connectivity index (χ3n) is 2.87. The predicted octanol–water partition coefficient (Wildman–Crippen LogP) is 0.811. The Balaban J connectivity index is 2.64. The van der Waals surface area contributed by atoms with E-state index < -0.39 is 0 Å². The Morgan fingerprint density at radius 1 is 1.41 bits per heavy atom. The topological polar surface area (TPSA) is 41.6 Å². The van der Waals surface area contributed by atoms with Gasteiger partial charge in [-0.05, 0) is 6.54 Å². The maximum absolute atomic E-state index is 12.3. The quantitative estimate of drug-likeness (QED) is 0.667. The van der Waals surface area contributed by atoms with Crippen molar-refractivity contribution in [1.82, 2.24) is 10.2 Å². The zero-order valence-electron chi connectivity index (χ0n) is 10.5. The Hall–Kier alpha value is -1.13. The molecule has 4 nitrogen and oxygen atoms in total. The van der Waals surface area contributed by atoms with Gasteiger partial charge in [-0.2, -0.15) is 0 Å². The van der Waals surface area contributed by atoms with E-state index in [1.165, 1.54) is 0 Å². The minimum atomic E-state index is -0.0881. The number of carbonyl (C=O) groups excluding carboxylic acids is 1. The zero-order chi connectivity index (χ0) is 12.7. The molecule has 0 saturated carbocycles. The van der Waals surface area contributed by atoms with Crippen molar-refractivity contribution in [1.29, 1.82) is 0 Å². The Morgan fingerprint density at radius 2 is 2.06 bits per heavy atom. The smallest absolute Gasteiger partial charge is 0.230 e. The third kappa shape index (κ3) is 3.68. The van der Waals surface area contributed by atoms with Crippen molar-refractivity contribution in [2.45, 2.75) is 13.0 Å². The summed E-state index contributed by atoms with van der Waals surface area (Å²) in [5, 5.41) is 3.29. The molecule has 1 saturated heterocycles. The van der Waals surface area contributed by atoms with E-state index in [1.54, 1.807) is 17.1 Å². The molecule has 1 N–H and O–H groups in total. The molecule has 1 amide bonds. The van der Waals surface area contributed by atoms with Crippen LogP contribution in [0, 0.1) is 5.92 Å². The van der Waals surface area contributed by atoms with Crippen LogP contribution in [0.25, 0.3) is 0 Å². The van der Waals surface area contributed by atoms with Crippen molar-refractivity contribution in [2.24, 2.45) is 5.92 Å². The Kier molecular flexibility index (Phi) is 5.94. The van der Waals surface area contributed by atoms with Gasteiger partial charge in [0, 0.05) is 19.1 Å². The first-order chi connectivity index (χ1) is 8.24. The molecule has 96 valence electrons. The van der Waals surface area contributed by atoms with E-state index in [4.69, 9.17) is 4.74 Å². The molecule has 1 aliphatic heterocycles. The zero-order valence-corrected chi connectivity index (χ0v) is 10.5. The van der Waals surface area contributed by atoms with Gasteiger partial charge >= 0.3 is 0 Å². The SMILES string of the molecule is C=CCN(CC=C)C(=O)C1COCC1NCC. The van der Waals surface area contributed by atoms with E-state index in [1.807, 2.05) is 6.92 Å². The van der Waals surface area contributed by atoms with Crippen LogP contribution >= 0.6 is 0 Å². The van der Waals surface area contributed by atoms with Crippen LogP contribution in [0.15, 0.2) is 25.3 Å².